The number of aryl methyl sites for hydroxylation is 1. The molecular weight excluding hydrogens is 550 g/mol. The van der Waals surface area contributed by atoms with Gasteiger partial charge in [-0.25, -0.2) is 4.98 Å². The van der Waals surface area contributed by atoms with Crippen LogP contribution in [0.5, 0.6) is 0 Å². The molecule has 3 rings (SSSR count). The SMILES string of the molecule is Cc1ncsc1-c1ccc(CNC(=O)[C@@H]2C[C@@H](O)CN2C(=O)[C@@H](NC(=O)CCCCCCCCCN)C(C)(C)C)cc1. The Labute approximate surface area is 254 Å². The van der Waals surface area contributed by atoms with Gasteiger partial charge in [-0.3, -0.25) is 14.4 Å². The minimum Gasteiger partial charge on any atom is -0.391 e. The zero-order valence-electron chi connectivity index (χ0n) is 25.7. The van der Waals surface area contributed by atoms with E-state index in [4.69, 9.17) is 5.73 Å². The normalized spacial score (nSPS) is 17.7. The van der Waals surface area contributed by atoms with Gasteiger partial charge in [0.2, 0.25) is 17.7 Å². The number of rotatable bonds is 15. The van der Waals surface area contributed by atoms with Crippen LogP contribution in [0.2, 0.25) is 0 Å². The third-order valence-electron chi connectivity index (χ3n) is 7.82. The first-order valence-corrected chi connectivity index (χ1v) is 16.1. The molecule has 0 bridgehead atoms. The minimum absolute atomic E-state index is 0.0619. The Morgan fingerprint density at radius 1 is 1.07 bits per heavy atom. The fourth-order valence-corrected chi connectivity index (χ4v) is 6.14. The van der Waals surface area contributed by atoms with Gasteiger partial charge in [0.1, 0.15) is 12.1 Å². The predicted octanol–water partition coefficient (Wildman–Crippen LogP) is 4.31. The second-order valence-corrected chi connectivity index (χ2v) is 13.3. The number of amides is 3. The second-order valence-electron chi connectivity index (χ2n) is 12.5. The van der Waals surface area contributed by atoms with E-state index >= 15 is 0 Å². The van der Waals surface area contributed by atoms with Gasteiger partial charge in [0.05, 0.1) is 22.2 Å². The van der Waals surface area contributed by atoms with Crippen LogP contribution in [0.4, 0.5) is 0 Å². The van der Waals surface area contributed by atoms with E-state index in [1.165, 1.54) is 11.3 Å². The van der Waals surface area contributed by atoms with E-state index in [9.17, 15) is 19.5 Å². The molecule has 1 saturated heterocycles. The monoisotopic (exact) mass is 599 g/mol. The molecule has 0 spiro atoms. The van der Waals surface area contributed by atoms with E-state index in [1.54, 1.807) is 11.3 Å². The van der Waals surface area contributed by atoms with Crippen molar-refractivity contribution < 1.29 is 19.5 Å². The van der Waals surface area contributed by atoms with Crippen molar-refractivity contribution >= 4 is 29.1 Å². The highest BCUT2D eigenvalue weighted by Crippen LogP contribution is 2.28. The van der Waals surface area contributed by atoms with E-state index in [0.717, 1.165) is 66.8 Å². The zero-order valence-corrected chi connectivity index (χ0v) is 26.5. The summed E-state index contributed by atoms with van der Waals surface area (Å²) in [6.45, 7) is 8.78. The molecule has 42 heavy (non-hydrogen) atoms. The lowest BCUT2D eigenvalue weighted by molar-refractivity contribution is -0.144. The van der Waals surface area contributed by atoms with Crippen LogP contribution >= 0.6 is 11.3 Å². The summed E-state index contributed by atoms with van der Waals surface area (Å²) in [7, 11) is 0. The number of β-amino-alcohol motifs (C(OH)–C–C–N with tert-alkyl or cyclic N) is 1. The number of hydrogen-bond donors (Lipinski definition) is 4. The molecule has 5 N–H and O–H groups in total. The number of thiazole rings is 1. The van der Waals surface area contributed by atoms with E-state index in [-0.39, 0.29) is 30.7 Å². The molecule has 9 nitrogen and oxygen atoms in total. The summed E-state index contributed by atoms with van der Waals surface area (Å²) < 4.78 is 0. The van der Waals surface area contributed by atoms with Gasteiger partial charge in [0.25, 0.3) is 0 Å². The topological polar surface area (TPSA) is 138 Å². The van der Waals surface area contributed by atoms with Gasteiger partial charge in [0, 0.05) is 25.9 Å². The largest absolute Gasteiger partial charge is 0.391 e. The van der Waals surface area contributed by atoms with Crippen LogP contribution in [0.3, 0.4) is 0 Å². The number of carbonyl (C=O) groups is 3. The predicted molar refractivity (Wildman–Crippen MR) is 168 cm³/mol. The maximum Gasteiger partial charge on any atom is 0.246 e. The number of aliphatic hydroxyl groups is 1. The smallest absolute Gasteiger partial charge is 0.246 e. The van der Waals surface area contributed by atoms with Gasteiger partial charge in [-0.15, -0.1) is 11.3 Å². The maximum absolute atomic E-state index is 13.7. The summed E-state index contributed by atoms with van der Waals surface area (Å²) in [6, 6.07) is 6.36. The third-order valence-corrected chi connectivity index (χ3v) is 8.80. The summed E-state index contributed by atoms with van der Waals surface area (Å²) >= 11 is 1.59. The molecule has 0 saturated carbocycles. The lowest BCUT2D eigenvalue weighted by Gasteiger charge is -2.35. The van der Waals surface area contributed by atoms with Crippen LogP contribution in [0.25, 0.3) is 10.4 Å². The standard InChI is InChI=1S/C32H49N5O4S/c1-22-28(42-21-35-22)24-15-13-23(14-16-24)19-34-30(40)26-18-25(38)20-37(26)31(41)29(32(2,3)4)36-27(39)12-10-8-6-5-7-9-11-17-33/h13-16,21,25-26,29,38H,5-12,17-20,33H2,1-4H3,(H,34,40)(H,36,39)/t25-,26+,29-/m1/s1. The van der Waals surface area contributed by atoms with Crippen molar-refractivity contribution in [2.24, 2.45) is 11.1 Å². The van der Waals surface area contributed by atoms with Gasteiger partial charge >= 0.3 is 0 Å². The molecular formula is C32H49N5O4S. The third kappa shape index (κ3) is 9.88. The number of nitrogens with zero attached hydrogens (tertiary/aromatic N) is 2. The number of nitrogens with one attached hydrogen (secondary N) is 2. The molecule has 1 aliphatic rings. The van der Waals surface area contributed by atoms with Crippen LogP contribution in [-0.4, -0.2) is 64.0 Å². The van der Waals surface area contributed by atoms with Gasteiger partial charge < -0.3 is 26.4 Å². The number of hydrogen-bond acceptors (Lipinski definition) is 7. The molecule has 1 aliphatic heterocycles. The second kappa shape index (κ2) is 16.1. The van der Waals surface area contributed by atoms with Gasteiger partial charge in [0.15, 0.2) is 0 Å². The molecule has 0 radical (unpaired) electrons. The van der Waals surface area contributed by atoms with Crippen molar-refractivity contribution in [3.8, 4) is 10.4 Å². The molecule has 232 valence electrons. The van der Waals surface area contributed by atoms with E-state index in [1.807, 2.05) is 57.5 Å². The van der Waals surface area contributed by atoms with E-state index in [2.05, 4.69) is 15.6 Å². The Balaban J connectivity index is 1.54. The highest BCUT2D eigenvalue weighted by atomic mass is 32.1. The van der Waals surface area contributed by atoms with E-state index < -0.39 is 23.6 Å². The number of nitrogens with two attached hydrogens (primary N) is 1. The first kappa shape index (κ1) is 33.7. The highest BCUT2D eigenvalue weighted by molar-refractivity contribution is 7.13. The highest BCUT2D eigenvalue weighted by Gasteiger charge is 2.44. The molecule has 1 aromatic heterocycles. The molecule has 1 fully saturated rings. The Bertz CT molecular complexity index is 1160. The molecule has 3 atom stereocenters. The molecule has 2 aromatic rings. The fraction of sp³-hybridized carbons (Fsp3) is 0.625. The summed E-state index contributed by atoms with van der Waals surface area (Å²) in [6.07, 6.45) is 7.06. The van der Waals surface area contributed by atoms with Gasteiger partial charge in [-0.2, -0.15) is 0 Å². The van der Waals surface area contributed by atoms with Crippen molar-refractivity contribution in [1.82, 2.24) is 20.5 Å². The number of benzene rings is 1. The van der Waals surface area contributed by atoms with Crippen LogP contribution < -0.4 is 16.4 Å². The number of unbranched alkanes of at least 4 members (excludes halogenated alkanes) is 6. The van der Waals surface area contributed by atoms with Crippen molar-refractivity contribution in [3.05, 3.63) is 41.0 Å². The first-order chi connectivity index (χ1) is 20.0. The first-order valence-electron chi connectivity index (χ1n) is 15.3. The summed E-state index contributed by atoms with van der Waals surface area (Å²) in [5, 5.41) is 16.3. The Morgan fingerprint density at radius 3 is 2.31 bits per heavy atom. The Kier molecular flexibility index (Phi) is 12.9. The molecule has 3 amide bonds. The summed E-state index contributed by atoms with van der Waals surface area (Å²) in [5.41, 5.74) is 9.79. The van der Waals surface area contributed by atoms with Crippen molar-refractivity contribution in [2.75, 3.05) is 13.1 Å². The van der Waals surface area contributed by atoms with Crippen molar-refractivity contribution in [1.29, 1.82) is 0 Å². The van der Waals surface area contributed by atoms with Crippen LogP contribution in [0.15, 0.2) is 29.8 Å². The van der Waals surface area contributed by atoms with Crippen molar-refractivity contribution in [3.63, 3.8) is 0 Å². The lowest BCUT2D eigenvalue weighted by Crippen LogP contribution is -2.57. The average Bonchev–Trinajstić information content (AvgIpc) is 3.56. The summed E-state index contributed by atoms with van der Waals surface area (Å²) in [5.74, 6) is -0.811. The number of carbonyl (C=O) groups excluding carboxylic acids is 3. The molecule has 1 aromatic carbocycles. The van der Waals surface area contributed by atoms with Crippen LogP contribution in [0.1, 0.15) is 89.8 Å². The van der Waals surface area contributed by atoms with Gasteiger partial charge in [-0.1, -0.05) is 77.1 Å². The fourth-order valence-electron chi connectivity index (χ4n) is 5.33. The number of aliphatic hydroxyl groups excluding tert-OH is 1. The minimum atomic E-state index is -0.801. The van der Waals surface area contributed by atoms with Crippen LogP contribution in [-0.2, 0) is 20.9 Å². The molecule has 0 aliphatic carbocycles. The number of likely N-dealkylation sites (tertiary alicyclic amines) is 1. The average molecular weight is 600 g/mol. The molecule has 0 unspecified atom stereocenters. The van der Waals surface area contributed by atoms with Crippen LogP contribution in [0, 0.1) is 12.3 Å². The maximum atomic E-state index is 13.7. The zero-order chi connectivity index (χ0) is 30.7. The molecule has 10 heteroatoms. The van der Waals surface area contributed by atoms with E-state index in [0.29, 0.717) is 13.0 Å². The van der Waals surface area contributed by atoms with Crippen molar-refractivity contribution in [2.45, 2.75) is 110 Å². The molecule has 2 heterocycles. The quantitative estimate of drug-likeness (QED) is 0.225. The summed E-state index contributed by atoms with van der Waals surface area (Å²) in [4.78, 5) is 46.7. The Morgan fingerprint density at radius 2 is 1.71 bits per heavy atom. The number of aromatic nitrogens is 1. The Hall–Kier alpha value is -2.82. The van der Waals surface area contributed by atoms with Gasteiger partial charge in [-0.05, 0) is 42.9 Å². The lowest BCUT2D eigenvalue weighted by atomic mass is 9.85.